The molecule has 0 saturated carbocycles. The molecule has 0 fully saturated rings. The van der Waals surface area contributed by atoms with Gasteiger partial charge >= 0.3 is 5.97 Å². The summed E-state index contributed by atoms with van der Waals surface area (Å²) in [6.45, 7) is 7.15. The molecule has 0 aliphatic carbocycles. The maximum Gasteiger partial charge on any atom is 0.310 e. The van der Waals surface area contributed by atoms with Crippen molar-refractivity contribution in [2.45, 2.75) is 33.7 Å². The molecule has 230 valence electrons. The Hall–Kier alpha value is -4.56. The Morgan fingerprint density at radius 3 is 2.27 bits per heavy atom. The molecule has 0 aliphatic heterocycles. The van der Waals surface area contributed by atoms with Crippen LogP contribution in [0, 0.1) is 0 Å². The summed E-state index contributed by atoms with van der Waals surface area (Å²) >= 11 is 5.98. The number of benzene rings is 3. The van der Waals surface area contributed by atoms with E-state index in [2.05, 4.69) is 11.1 Å². The Balaban J connectivity index is 1.71. The van der Waals surface area contributed by atoms with Gasteiger partial charge in [0, 0.05) is 41.5 Å². The Labute approximate surface area is 263 Å². The molecule has 3 aromatic carbocycles. The second kappa shape index (κ2) is 15.8. The smallest absolute Gasteiger partial charge is 0.310 e. The predicted molar refractivity (Wildman–Crippen MR) is 171 cm³/mol. The van der Waals surface area contributed by atoms with E-state index in [1.54, 1.807) is 49.4 Å². The second-order valence-corrected chi connectivity index (χ2v) is 10.3. The molecule has 44 heavy (non-hydrogen) atoms. The summed E-state index contributed by atoms with van der Waals surface area (Å²) in [7, 11) is 1.61. The van der Waals surface area contributed by atoms with Crippen LogP contribution in [0.4, 0.5) is 0 Å². The van der Waals surface area contributed by atoms with Crippen LogP contribution in [0.5, 0.6) is 17.4 Å². The molecular formula is C35H37ClN2O6. The number of hydrogen-bond acceptors (Lipinski definition) is 7. The van der Waals surface area contributed by atoms with Crippen LogP contribution in [0.1, 0.15) is 31.9 Å². The van der Waals surface area contributed by atoms with E-state index in [1.807, 2.05) is 56.3 Å². The minimum absolute atomic E-state index is 0.119. The zero-order valence-electron chi connectivity index (χ0n) is 25.5. The number of esters is 1. The minimum Gasteiger partial charge on any atom is -0.496 e. The van der Waals surface area contributed by atoms with Gasteiger partial charge < -0.3 is 23.8 Å². The van der Waals surface area contributed by atoms with Gasteiger partial charge in [0.05, 0.1) is 26.7 Å². The third-order valence-electron chi connectivity index (χ3n) is 6.95. The monoisotopic (exact) mass is 616 g/mol. The number of carbonyl (C=O) groups excluding carboxylic acids is 2. The van der Waals surface area contributed by atoms with Gasteiger partial charge in [-0.2, -0.15) is 0 Å². The van der Waals surface area contributed by atoms with Crippen LogP contribution in [0.2, 0.25) is 5.02 Å². The number of amides is 1. The molecule has 0 saturated heterocycles. The fraction of sp³-hybridized carbons (Fsp3) is 0.286. The van der Waals surface area contributed by atoms with E-state index < -0.39 is 0 Å². The van der Waals surface area contributed by atoms with E-state index in [0.717, 1.165) is 33.4 Å². The maximum absolute atomic E-state index is 13.4. The maximum atomic E-state index is 13.4. The molecule has 0 radical (unpaired) electrons. The predicted octanol–water partition coefficient (Wildman–Crippen LogP) is 7.01. The molecule has 0 bridgehead atoms. The summed E-state index contributed by atoms with van der Waals surface area (Å²) in [4.78, 5) is 31.8. The highest BCUT2D eigenvalue weighted by molar-refractivity contribution is 6.30. The number of methoxy groups -OCH3 is 1. The minimum atomic E-state index is -0.300. The number of aromatic nitrogens is 1. The largest absolute Gasteiger partial charge is 0.496 e. The summed E-state index contributed by atoms with van der Waals surface area (Å²) < 4.78 is 22.2. The van der Waals surface area contributed by atoms with Crippen molar-refractivity contribution < 1.29 is 28.5 Å². The van der Waals surface area contributed by atoms with Crippen LogP contribution in [0.3, 0.4) is 0 Å². The first-order chi connectivity index (χ1) is 21.3. The number of likely N-dealkylation sites (N-methyl/N-ethyl adjacent to an activating group) is 1. The van der Waals surface area contributed by atoms with Crippen molar-refractivity contribution in [3.05, 3.63) is 95.1 Å². The van der Waals surface area contributed by atoms with Gasteiger partial charge in [-0.3, -0.25) is 9.59 Å². The number of hydrogen-bond donors (Lipinski definition) is 0. The van der Waals surface area contributed by atoms with Gasteiger partial charge in [0.1, 0.15) is 11.5 Å². The van der Waals surface area contributed by atoms with Gasteiger partial charge in [0.15, 0.2) is 6.61 Å². The van der Waals surface area contributed by atoms with Crippen molar-refractivity contribution in [2.24, 2.45) is 0 Å². The summed E-state index contributed by atoms with van der Waals surface area (Å²) in [6, 6.07) is 22.4. The number of rotatable bonds is 14. The van der Waals surface area contributed by atoms with Crippen LogP contribution < -0.4 is 14.2 Å². The molecule has 4 aromatic rings. The molecule has 1 amide bonds. The van der Waals surface area contributed by atoms with Gasteiger partial charge in [-0.25, -0.2) is 4.98 Å². The Kier molecular flexibility index (Phi) is 11.6. The first-order valence-corrected chi connectivity index (χ1v) is 14.9. The fourth-order valence-electron chi connectivity index (χ4n) is 4.75. The first kappa shape index (κ1) is 32.4. The Bertz CT molecular complexity index is 1560. The number of pyridine rings is 1. The summed E-state index contributed by atoms with van der Waals surface area (Å²) in [5.74, 6) is 1.30. The molecule has 1 aromatic heterocycles. The van der Waals surface area contributed by atoms with Crippen molar-refractivity contribution in [2.75, 3.05) is 33.5 Å². The van der Waals surface area contributed by atoms with E-state index in [0.29, 0.717) is 48.7 Å². The molecule has 0 spiro atoms. The molecule has 0 atom stereocenters. The van der Waals surface area contributed by atoms with Gasteiger partial charge in [-0.1, -0.05) is 29.8 Å². The van der Waals surface area contributed by atoms with E-state index in [4.69, 9.17) is 30.5 Å². The fourth-order valence-corrected chi connectivity index (χ4v) is 4.88. The first-order valence-electron chi connectivity index (χ1n) is 14.6. The van der Waals surface area contributed by atoms with E-state index >= 15 is 0 Å². The van der Waals surface area contributed by atoms with Gasteiger partial charge in [-0.15, -0.1) is 0 Å². The van der Waals surface area contributed by atoms with E-state index in [1.165, 1.54) is 0 Å². The molecule has 0 aliphatic rings. The number of ether oxygens (including phenoxy) is 4. The van der Waals surface area contributed by atoms with E-state index in [9.17, 15) is 9.59 Å². The average molecular weight is 617 g/mol. The Morgan fingerprint density at radius 1 is 0.841 bits per heavy atom. The lowest BCUT2D eigenvalue weighted by Crippen LogP contribution is -2.34. The van der Waals surface area contributed by atoms with Crippen molar-refractivity contribution in [3.8, 4) is 39.6 Å². The van der Waals surface area contributed by atoms with Crippen molar-refractivity contribution in [1.29, 1.82) is 0 Å². The molecule has 9 heteroatoms. The quantitative estimate of drug-likeness (QED) is 0.141. The van der Waals surface area contributed by atoms with Crippen LogP contribution in [0.25, 0.3) is 22.3 Å². The number of carbonyl (C=O) groups is 2. The summed E-state index contributed by atoms with van der Waals surface area (Å²) in [6.07, 6.45) is 1.91. The Morgan fingerprint density at radius 2 is 1.61 bits per heavy atom. The molecule has 0 unspecified atom stereocenters. The van der Waals surface area contributed by atoms with Crippen LogP contribution in [0.15, 0.2) is 79.0 Å². The van der Waals surface area contributed by atoms with Crippen molar-refractivity contribution in [3.63, 3.8) is 0 Å². The molecule has 0 N–H and O–H groups in total. The third-order valence-corrected chi connectivity index (χ3v) is 7.20. The summed E-state index contributed by atoms with van der Waals surface area (Å²) in [5, 5.41) is 0.593. The van der Waals surface area contributed by atoms with Gasteiger partial charge in [0.25, 0.3) is 5.91 Å². The average Bonchev–Trinajstić information content (AvgIpc) is 3.03. The molecule has 4 rings (SSSR count). The SMILES string of the molecule is CCOC(=O)Cc1ccc(OC)c(-c2ccc(-c3ccc(OCC)nc3)cc2CN(CC)C(=O)COc2ccc(Cl)cc2)c1. The highest BCUT2D eigenvalue weighted by Crippen LogP contribution is 2.36. The van der Waals surface area contributed by atoms with Crippen LogP contribution in [-0.4, -0.2) is 55.2 Å². The lowest BCUT2D eigenvalue weighted by atomic mass is 9.93. The highest BCUT2D eigenvalue weighted by atomic mass is 35.5. The highest BCUT2D eigenvalue weighted by Gasteiger charge is 2.19. The molecule has 8 nitrogen and oxygen atoms in total. The van der Waals surface area contributed by atoms with Gasteiger partial charge in [0.2, 0.25) is 5.88 Å². The number of nitrogens with zero attached hydrogens (tertiary/aromatic N) is 2. The normalized spacial score (nSPS) is 10.7. The van der Waals surface area contributed by atoms with Crippen LogP contribution in [-0.2, 0) is 27.3 Å². The lowest BCUT2D eigenvalue weighted by molar-refractivity contribution is -0.142. The summed E-state index contributed by atoms with van der Waals surface area (Å²) in [5.41, 5.74) is 5.21. The molecule has 1 heterocycles. The third kappa shape index (κ3) is 8.51. The number of halogens is 1. The van der Waals surface area contributed by atoms with Crippen molar-refractivity contribution in [1.82, 2.24) is 9.88 Å². The topological polar surface area (TPSA) is 87.2 Å². The zero-order chi connectivity index (χ0) is 31.5. The lowest BCUT2D eigenvalue weighted by Gasteiger charge is -2.24. The van der Waals surface area contributed by atoms with Crippen molar-refractivity contribution >= 4 is 23.5 Å². The van der Waals surface area contributed by atoms with Gasteiger partial charge in [-0.05, 0) is 91.6 Å². The zero-order valence-corrected chi connectivity index (χ0v) is 26.2. The standard InChI is InChI=1S/C35H37ClN2O6/c1-5-38(34(39)23-44-29-13-11-28(36)12-14-29)22-27-20-25(26-10-17-33(37-21-26)42-6-2)9-15-30(27)31-18-24(8-16-32(31)41-4)19-35(40)43-7-3/h8-18,20-21H,5-7,19,22-23H2,1-4H3. The second-order valence-electron chi connectivity index (χ2n) is 9.86. The van der Waals surface area contributed by atoms with E-state index in [-0.39, 0.29) is 24.9 Å². The van der Waals surface area contributed by atoms with Crippen LogP contribution >= 0.6 is 11.6 Å². The molecular weight excluding hydrogens is 580 g/mol.